The highest BCUT2D eigenvalue weighted by atomic mass is 35.5. The van der Waals surface area contributed by atoms with E-state index in [2.05, 4.69) is 10.4 Å². The van der Waals surface area contributed by atoms with Gasteiger partial charge in [0.05, 0.1) is 33.8 Å². The van der Waals surface area contributed by atoms with Crippen LogP contribution in [0.5, 0.6) is 5.75 Å². The number of hydrazone groups is 1. The Morgan fingerprint density at radius 2 is 1.78 bits per heavy atom. The maximum absolute atomic E-state index is 15.3. The van der Waals surface area contributed by atoms with Crippen molar-refractivity contribution in [2.75, 3.05) is 30.6 Å². The largest absolute Gasteiger partial charge is 0.496 e. The van der Waals surface area contributed by atoms with Crippen molar-refractivity contribution in [1.82, 2.24) is 4.90 Å². The monoisotopic (exact) mass is 554 g/mol. The van der Waals surface area contributed by atoms with Crippen LogP contribution in [0.25, 0.3) is 0 Å². The van der Waals surface area contributed by atoms with Gasteiger partial charge >= 0.3 is 6.18 Å². The highest BCUT2D eigenvalue weighted by Crippen LogP contribution is 2.35. The predicted octanol–water partition coefficient (Wildman–Crippen LogP) is 6.87. The van der Waals surface area contributed by atoms with Gasteiger partial charge in [-0.05, 0) is 43.3 Å². The molecule has 3 aromatic rings. The molecule has 0 unspecified atom stereocenters. The van der Waals surface area contributed by atoms with Gasteiger partial charge in [0.15, 0.2) is 5.84 Å². The number of anilines is 2. The number of benzene rings is 3. The number of nitrogens with zero attached hydrogens (tertiary/aromatic N) is 3. The first-order valence-electron chi connectivity index (χ1n) is 10.9. The minimum absolute atomic E-state index is 0.00310. The fourth-order valence-corrected chi connectivity index (χ4v) is 4.36. The lowest BCUT2D eigenvalue weighted by Crippen LogP contribution is -2.31. The summed E-state index contributed by atoms with van der Waals surface area (Å²) < 4.78 is 59.6. The quantitative estimate of drug-likeness (QED) is 0.338. The number of ether oxygens (including phenoxy) is 1. The number of rotatable bonds is 6. The predicted molar refractivity (Wildman–Crippen MR) is 135 cm³/mol. The number of amides is 1. The molecule has 194 valence electrons. The van der Waals surface area contributed by atoms with Gasteiger partial charge in [-0.15, -0.1) is 0 Å². The van der Waals surface area contributed by atoms with Crippen LogP contribution in [0, 0.1) is 5.82 Å². The normalized spacial score (nSPS) is 13.6. The SMILES string of the molecule is CCN1CN(c2cc(OC)c(C(=O)Nc3cccc(C(F)(F)F)c3)cc2F)N=C1c1c(Cl)cccc1Cl. The molecule has 1 aliphatic rings. The Hall–Kier alpha value is -3.50. The van der Waals surface area contributed by atoms with E-state index in [-0.39, 0.29) is 29.4 Å². The molecule has 0 radical (unpaired) electrons. The summed E-state index contributed by atoms with van der Waals surface area (Å²) in [4.78, 5) is 14.7. The van der Waals surface area contributed by atoms with Crippen molar-refractivity contribution in [2.24, 2.45) is 5.10 Å². The molecule has 1 N–H and O–H groups in total. The highest BCUT2D eigenvalue weighted by molar-refractivity contribution is 6.40. The molecule has 0 saturated carbocycles. The molecule has 0 saturated heterocycles. The minimum atomic E-state index is -4.58. The summed E-state index contributed by atoms with van der Waals surface area (Å²) in [5.41, 5.74) is -0.717. The fraction of sp³-hybridized carbons (Fsp3) is 0.200. The summed E-state index contributed by atoms with van der Waals surface area (Å²) in [5, 5.41) is 9.01. The van der Waals surface area contributed by atoms with Crippen molar-refractivity contribution in [3.8, 4) is 5.75 Å². The molecule has 37 heavy (non-hydrogen) atoms. The van der Waals surface area contributed by atoms with Crippen LogP contribution >= 0.6 is 23.2 Å². The molecule has 0 fully saturated rings. The second-order valence-corrected chi connectivity index (χ2v) is 8.77. The van der Waals surface area contributed by atoms with Crippen LogP contribution in [0.1, 0.15) is 28.4 Å². The topological polar surface area (TPSA) is 57.2 Å². The van der Waals surface area contributed by atoms with Crippen LogP contribution in [-0.2, 0) is 6.18 Å². The lowest BCUT2D eigenvalue weighted by Gasteiger charge is -2.21. The summed E-state index contributed by atoms with van der Waals surface area (Å²) in [6, 6.07) is 11.4. The first kappa shape index (κ1) is 26.6. The van der Waals surface area contributed by atoms with Crippen molar-refractivity contribution in [3.05, 3.63) is 87.2 Å². The Morgan fingerprint density at radius 1 is 1.11 bits per heavy atom. The van der Waals surface area contributed by atoms with Crippen molar-refractivity contribution in [1.29, 1.82) is 0 Å². The number of hydrogen-bond acceptors (Lipinski definition) is 5. The smallest absolute Gasteiger partial charge is 0.416 e. The van der Waals surface area contributed by atoms with Crippen molar-refractivity contribution < 1.29 is 27.1 Å². The van der Waals surface area contributed by atoms with Crippen LogP contribution in [0.15, 0.2) is 59.7 Å². The third kappa shape index (κ3) is 5.45. The molecular formula is C25H20Cl2F4N4O2. The Kier molecular flexibility index (Phi) is 7.52. The van der Waals surface area contributed by atoms with Gasteiger partial charge in [0.1, 0.15) is 23.9 Å². The average Bonchev–Trinajstić information content (AvgIpc) is 3.27. The van der Waals surface area contributed by atoms with E-state index >= 15 is 4.39 Å². The van der Waals surface area contributed by atoms with Crippen LogP contribution < -0.4 is 15.1 Å². The second-order valence-electron chi connectivity index (χ2n) is 7.95. The van der Waals surface area contributed by atoms with E-state index < -0.39 is 23.5 Å². The first-order chi connectivity index (χ1) is 17.5. The molecule has 1 aliphatic heterocycles. The van der Waals surface area contributed by atoms with Crippen molar-refractivity contribution in [3.63, 3.8) is 0 Å². The van der Waals surface area contributed by atoms with Crippen LogP contribution in [0.2, 0.25) is 10.0 Å². The van der Waals surface area contributed by atoms with Gasteiger partial charge in [-0.25, -0.2) is 9.40 Å². The molecular weight excluding hydrogens is 535 g/mol. The second kappa shape index (κ2) is 10.5. The Labute approximate surface area is 220 Å². The number of amidine groups is 1. The minimum Gasteiger partial charge on any atom is -0.496 e. The Morgan fingerprint density at radius 3 is 2.41 bits per heavy atom. The maximum Gasteiger partial charge on any atom is 0.416 e. The molecule has 6 nitrogen and oxygen atoms in total. The standard InChI is InChI=1S/C25H20Cl2F4N4O2/c1-3-34-13-35(33-23(34)22-17(26)8-5-9-18(22)27)20-12-21(37-2)16(11-19(20)28)24(36)32-15-7-4-6-14(10-15)25(29,30)31/h4-12H,3,13H2,1-2H3,(H,32,36). The summed E-state index contributed by atoms with van der Waals surface area (Å²) >= 11 is 12.7. The van der Waals surface area contributed by atoms with E-state index in [9.17, 15) is 18.0 Å². The van der Waals surface area contributed by atoms with Crippen molar-refractivity contribution >= 4 is 46.3 Å². The van der Waals surface area contributed by atoms with Crippen LogP contribution in [-0.4, -0.2) is 37.0 Å². The third-order valence-corrected chi connectivity index (χ3v) is 6.26. The number of hydrogen-bond donors (Lipinski definition) is 1. The zero-order valence-corrected chi connectivity index (χ0v) is 21.0. The number of carbonyl (C=O) groups is 1. The average molecular weight is 555 g/mol. The van der Waals surface area contributed by atoms with Gasteiger partial charge in [-0.1, -0.05) is 35.3 Å². The van der Waals surface area contributed by atoms with E-state index in [1.807, 2.05) is 11.8 Å². The third-order valence-electron chi connectivity index (χ3n) is 5.63. The van der Waals surface area contributed by atoms with Gasteiger partial charge in [0.25, 0.3) is 5.91 Å². The van der Waals surface area contributed by atoms with Crippen molar-refractivity contribution in [2.45, 2.75) is 13.1 Å². The van der Waals surface area contributed by atoms with E-state index in [4.69, 9.17) is 27.9 Å². The zero-order chi connectivity index (χ0) is 26.9. The lowest BCUT2D eigenvalue weighted by atomic mass is 10.1. The summed E-state index contributed by atoms with van der Waals surface area (Å²) in [5.74, 6) is -1.18. The fourth-order valence-electron chi connectivity index (χ4n) is 3.80. The van der Waals surface area contributed by atoms with Crippen LogP contribution in [0.3, 0.4) is 0 Å². The number of nitrogens with one attached hydrogen (secondary N) is 1. The summed E-state index contributed by atoms with van der Waals surface area (Å²) in [6.45, 7) is 2.58. The highest BCUT2D eigenvalue weighted by Gasteiger charge is 2.31. The van der Waals surface area contributed by atoms with Gasteiger partial charge in [0, 0.05) is 18.3 Å². The molecule has 0 spiro atoms. The van der Waals surface area contributed by atoms with E-state index in [1.165, 1.54) is 24.3 Å². The molecule has 0 aliphatic carbocycles. The van der Waals surface area contributed by atoms with E-state index in [1.54, 1.807) is 18.2 Å². The molecule has 12 heteroatoms. The molecule has 1 amide bonds. The number of halogens is 6. The number of alkyl halides is 3. The number of methoxy groups -OCH3 is 1. The van der Waals surface area contributed by atoms with E-state index in [0.717, 1.165) is 24.3 Å². The molecule has 0 atom stereocenters. The molecule has 1 heterocycles. The van der Waals surface area contributed by atoms with Gasteiger partial charge in [-0.2, -0.15) is 18.3 Å². The molecule has 0 bridgehead atoms. The lowest BCUT2D eigenvalue weighted by molar-refractivity contribution is -0.137. The molecule has 3 aromatic carbocycles. The first-order valence-corrected chi connectivity index (χ1v) is 11.7. The van der Waals surface area contributed by atoms with Gasteiger partial charge < -0.3 is 15.0 Å². The van der Waals surface area contributed by atoms with Crippen LogP contribution in [0.4, 0.5) is 28.9 Å². The Bertz CT molecular complexity index is 1360. The Balaban J connectivity index is 1.66. The summed E-state index contributed by atoms with van der Waals surface area (Å²) in [7, 11) is 1.29. The number of carbonyl (C=O) groups excluding carboxylic acids is 1. The maximum atomic E-state index is 15.3. The molecule has 4 rings (SSSR count). The van der Waals surface area contributed by atoms with Gasteiger partial charge in [-0.3, -0.25) is 4.79 Å². The molecule has 0 aromatic heterocycles. The summed E-state index contributed by atoms with van der Waals surface area (Å²) in [6.07, 6.45) is -4.58. The van der Waals surface area contributed by atoms with Gasteiger partial charge in [0.2, 0.25) is 0 Å². The zero-order valence-electron chi connectivity index (χ0n) is 19.5. The van der Waals surface area contributed by atoms with E-state index in [0.29, 0.717) is 28.0 Å².